The van der Waals surface area contributed by atoms with Crippen LogP contribution in [0.2, 0.25) is 5.15 Å². The molecule has 0 radical (unpaired) electrons. The first-order valence-corrected chi connectivity index (χ1v) is 7.62. The predicted octanol–water partition coefficient (Wildman–Crippen LogP) is 2.20. The summed E-state index contributed by atoms with van der Waals surface area (Å²) in [6.07, 6.45) is 7.05. The van der Waals surface area contributed by atoms with Crippen LogP contribution in [0.5, 0.6) is 0 Å². The Labute approximate surface area is 119 Å². The molecule has 2 heterocycles. The standard InChI is InChI=1S/C14H21ClN4/c1-19(10-5-4-8-16-9-10)14-12-7-3-2-6-11(12)13(15)17-18-14/h10,16H,2-9H2,1H3/t10-/m1/s1. The van der Waals surface area contributed by atoms with E-state index in [9.17, 15) is 0 Å². The molecule has 3 rings (SSSR count). The lowest BCUT2D eigenvalue weighted by Gasteiger charge is -2.34. The number of halogens is 1. The molecule has 0 spiro atoms. The summed E-state index contributed by atoms with van der Waals surface area (Å²) in [6.45, 7) is 2.17. The van der Waals surface area contributed by atoms with Crippen LogP contribution in [0.25, 0.3) is 0 Å². The predicted molar refractivity (Wildman–Crippen MR) is 78.0 cm³/mol. The molecule has 2 aliphatic rings. The number of nitrogens with one attached hydrogen (secondary N) is 1. The van der Waals surface area contributed by atoms with Crippen molar-refractivity contribution >= 4 is 17.4 Å². The van der Waals surface area contributed by atoms with E-state index < -0.39 is 0 Å². The molecule has 4 nitrogen and oxygen atoms in total. The highest BCUT2D eigenvalue weighted by Crippen LogP contribution is 2.32. The van der Waals surface area contributed by atoms with Crippen LogP contribution < -0.4 is 10.2 Å². The third-order valence-electron chi connectivity index (χ3n) is 4.37. The number of likely N-dealkylation sites (N-methyl/N-ethyl adjacent to an activating group) is 1. The number of hydrogen-bond donors (Lipinski definition) is 1. The average Bonchev–Trinajstić information content (AvgIpc) is 2.48. The summed E-state index contributed by atoms with van der Waals surface area (Å²) in [7, 11) is 2.14. The maximum absolute atomic E-state index is 6.20. The lowest BCUT2D eigenvalue weighted by atomic mass is 9.93. The van der Waals surface area contributed by atoms with E-state index in [-0.39, 0.29) is 0 Å². The van der Waals surface area contributed by atoms with Crippen molar-refractivity contribution < 1.29 is 0 Å². The van der Waals surface area contributed by atoms with Crippen molar-refractivity contribution in [3.63, 3.8) is 0 Å². The Hall–Kier alpha value is -0.870. The molecular formula is C14H21ClN4. The Balaban J connectivity index is 1.91. The number of hydrogen-bond acceptors (Lipinski definition) is 4. The van der Waals surface area contributed by atoms with E-state index in [4.69, 9.17) is 11.6 Å². The van der Waals surface area contributed by atoms with Gasteiger partial charge in [-0.2, -0.15) is 0 Å². The molecule has 1 fully saturated rings. The number of fused-ring (bicyclic) bond motifs is 1. The molecule has 1 aliphatic heterocycles. The van der Waals surface area contributed by atoms with Gasteiger partial charge in [0.2, 0.25) is 0 Å². The van der Waals surface area contributed by atoms with Crippen molar-refractivity contribution in [1.82, 2.24) is 15.5 Å². The van der Waals surface area contributed by atoms with E-state index in [1.807, 2.05) is 0 Å². The maximum atomic E-state index is 6.20. The first-order valence-electron chi connectivity index (χ1n) is 7.25. The maximum Gasteiger partial charge on any atom is 0.155 e. The summed E-state index contributed by atoms with van der Waals surface area (Å²) in [5.41, 5.74) is 2.56. The SMILES string of the molecule is CN(c1nnc(Cl)c2c1CCCC2)[C@@H]1CCCNC1. The highest BCUT2D eigenvalue weighted by atomic mass is 35.5. The normalized spacial score (nSPS) is 22.9. The van der Waals surface area contributed by atoms with Crippen molar-refractivity contribution in [1.29, 1.82) is 0 Å². The van der Waals surface area contributed by atoms with Crippen molar-refractivity contribution in [3.05, 3.63) is 16.3 Å². The van der Waals surface area contributed by atoms with E-state index >= 15 is 0 Å². The van der Waals surface area contributed by atoms with Crippen molar-refractivity contribution in [2.75, 3.05) is 25.0 Å². The summed E-state index contributed by atoms with van der Waals surface area (Å²) in [4.78, 5) is 2.31. The van der Waals surface area contributed by atoms with Crippen LogP contribution in [0.3, 0.4) is 0 Å². The number of anilines is 1. The zero-order valence-electron chi connectivity index (χ0n) is 11.5. The second-order valence-electron chi connectivity index (χ2n) is 5.59. The minimum atomic E-state index is 0.523. The van der Waals surface area contributed by atoms with Gasteiger partial charge in [0.1, 0.15) is 0 Å². The van der Waals surface area contributed by atoms with Crippen LogP contribution in [-0.2, 0) is 12.8 Å². The summed E-state index contributed by atoms with van der Waals surface area (Å²) >= 11 is 6.20. The monoisotopic (exact) mass is 280 g/mol. The van der Waals surface area contributed by atoms with Gasteiger partial charge >= 0.3 is 0 Å². The van der Waals surface area contributed by atoms with Crippen LogP contribution in [0, 0.1) is 0 Å². The van der Waals surface area contributed by atoms with Crippen molar-refractivity contribution in [2.24, 2.45) is 0 Å². The number of aromatic nitrogens is 2. The third-order valence-corrected chi connectivity index (χ3v) is 4.68. The Morgan fingerprint density at radius 3 is 2.68 bits per heavy atom. The van der Waals surface area contributed by atoms with Gasteiger partial charge in [0.05, 0.1) is 0 Å². The molecule has 1 N–H and O–H groups in total. The summed E-state index contributed by atoms with van der Waals surface area (Å²) in [5.74, 6) is 1.05. The quantitative estimate of drug-likeness (QED) is 0.902. The van der Waals surface area contributed by atoms with Crippen LogP contribution in [0.4, 0.5) is 5.82 Å². The van der Waals surface area contributed by atoms with E-state index in [0.717, 1.165) is 31.7 Å². The average molecular weight is 281 g/mol. The molecule has 1 atom stereocenters. The second-order valence-corrected chi connectivity index (χ2v) is 5.95. The summed E-state index contributed by atoms with van der Waals surface area (Å²) < 4.78 is 0. The highest BCUT2D eigenvalue weighted by Gasteiger charge is 2.25. The molecule has 0 saturated carbocycles. The second kappa shape index (κ2) is 5.63. The first kappa shape index (κ1) is 13.1. The van der Waals surface area contributed by atoms with Gasteiger partial charge in [0, 0.05) is 25.2 Å². The van der Waals surface area contributed by atoms with Gasteiger partial charge < -0.3 is 10.2 Å². The largest absolute Gasteiger partial charge is 0.354 e. The third kappa shape index (κ3) is 2.56. The summed E-state index contributed by atoms with van der Waals surface area (Å²) in [6, 6.07) is 0.523. The molecule has 0 amide bonds. The highest BCUT2D eigenvalue weighted by molar-refractivity contribution is 6.30. The van der Waals surface area contributed by atoms with Crippen LogP contribution >= 0.6 is 11.6 Å². The molecule has 0 aromatic carbocycles. The lowest BCUT2D eigenvalue weighted by Crippen LogP contribution is -2.45. The van der Waals surface area contributed by atoms with E-state index in [2.05, 4.69) is 27.5 Å². The van der Waals surface area contributed by atoms with Crippen molar-refractivity contribution in [2.45, 2.75) is 44.6 Å². The molecule has 19 heavy (non-hydrogen) atoms. The molecular weight excluding hydrogens is 260 g/mol. The molecule has 1 aromatic rings. The number of rotatable bonds is 2. The lowest BCUT2D eigenvalue weighted by molar-refractivity contribution is 0.441. The van der Waals surface area contributed by atoms with Crippen LogP contribution in [0.15, 0.2) is 0 Å². The van der Waals surface area contributed by atoms with Gasteiger partial charge in [-0.1, -0.05) is 11.6 Å². The Kier molecular flexibility index (Phi) is 3.89. The van der Waals surface area contributed by atoms with Gasteiger partial charge in [0.25, 0.3) is 0 Å². The van der Waals surface area contributed by atoms with Gasteiger partial charge in [-0.25, -0.2) is 0 Å². The summed E-state index contributed by atoms with van der Waals surface area (Å²) in [5, 5.41) is 12.6. The van der Waals surface area contributed by atoms with E-state index in [1.165, 1.54) is 36.8 Å². The first-order chi connectivity index (χ1) is 9.27. The Bertz CT molecular complexity index is 457. The Morgan fingerprint density at radius 1 is 1.16 bits per heavy atom. The van der Waals surface area contributed by atoms with E-state index in [0.29, 0.717) is 11.2 Å². The zero-order chi connectivity index (χ0) is 13.2. The van der Waals surface area contributed by atoms with Gasteiger partial charge in [-0.15, -0.1) is 10.2 Å². The molecule has 1 aliphatic carbocycles. The minimum absolute atomic E-state index is 0.523. The van der Waals surface area contributed by atoms with Crippen LogP contribution in [-0.4, -0.2) is 36.4 Å². The van der Waals surface area contributed by atoms with Gasteiger partial charge in [-0.3, -0.25) is 0 Å². The van der Waals surface area contributed by atoms with Gasteiger partial charge in [0.15, 0.2) is 11.0 Å². The van der Waals surface area contributed by atoms with Crippen LogP contribution in [0.1, 0.15) is 36.8 Å². The number of nitrogens with zero attached hydrogens (tertiary/aromatic N) is 3. The molecule has 1 saturated heterocycles. The van der Waals surface area contributed by atoms with E-state index in [1.54, 1.807) is 0 Å². The fourth-order valence-electron chi connectivity index (χ4n) is 3.21. The molecule has 0 unspecified atom stereocenters. The fourth-order valence-corrected chi connectivity index (χ4v) is 3.46. The molecule has 5 heteroatoms. The zero-order valence-corrected chi connectivity index (χ0v) is 12.2. The Morgan fingerprint density at radius 2 is 1.95 bits per heavy atom. The number of piperidine rings is 1. The molecule has 1 aromatic heterocycles. The van der Waals surface area contributed by atoms with Gasteiger partial charge in [-0.05, 0) is 50.6 Å². The molecule has 104 valence electrons. The smallest absolute Gasteiger partial charge is 0.155 e. The molecule has 0 bridgehead atoms. The van der Waals surface area contributed by atoms with Crippen molar-refractivity contribution in [3.8, 4) is 0 Å². The fraction of sp³-hybridized carbons (Fsp3) is 0.714. The minimum Gasteiger partial charge on any atom is -0.354 e. The topological polar surface area (TPSA) is 41.1 Å².